The van der Waals surface area contributed by atoms with Crippen LogP contribution in [-0.4, -0.2) is 46.1 Å². The van der Waals surface area contributed by atoms with Crippen LogP contribution < -0.4 is 0 Å². The zero-order valence-corrected chi connectivity index (χ0v) is 13.3. The van der Waals surface area contributed by atoms with E-state index in [0.29, 0.717) is 23.8 Å². The maximum atomic E-state index is 13.7. The van der Waals surface area contributed by atoms with Gasteiger partial charge in [-0.2, -0.15) is 4.98 Å². The molecular formula is C16H20F2N4O. The molecule has 1 saturated heterocycles. The van der Waals surface area contributed by atoms with E-state index in [-0.39, 0.29) is 6.04 Å². The van der Waals surface area contributed by atoms with Crippen molar-refractivity contribution < 1.29 is 13.3 Å². The highest BCUT2D eigenvalue weighted by Crippen LogP contribution is 2.21. The maximum Gasteiger partial charge on any atom is 0.243 e. The van der Waals surface area contributed by atoms with E-state index < -0.39 is 11.6 Å². The molecule has 1 fully saturated rings. The first-order chi connectivity index (χ1) is 11.0. The first kappa shape index (κ1) is 16.0. The topological polar surface area (TPSA) is 45.4 Å². The molecule has 0 radical (unpaired) electrons. The minimum absolute atomic E-state index is 0.0595. The normalized spacial score (nSPS) is 18.3. The Morgan fingerprint density at radius 2 is 1.96 bits per heavy atom. The van der Waals surface area contributed by atoms with Gasteiger partial charge in [0.05, 0.1) is 6.04 Å². The lowest BCUT2D eigenvalue weighted by molar-refractivity contribution is 0.0838. The summed E-state index contributed by atoms with van der Waals surface area (Å²) in [6, 6.07) is 4.38. The fourth-order valence-electron chi connectivity index (χ4n) is 2.86. The number of hydrogen-bond acceptors (Lipinski definition) is 5. The summed E-state index contributed by atoms with van der Waals surface area (Å²) in [5.74, 6) is -0.287. The van der Waals surface area contributed by atoms with Gasteiger partial charge in [-0.1, -0.05) is 17.3 Å². The monoisotopic (exact) mass is 322 g/mol. The Morgan fingerprint density at radius 3 is 2.61 bits per heavy atom. The summed E-state index contributed by atoms with van der Waals surface area (Å²) in [5.41, 5.74) is 0.402. The Kier molecular flexibility index (Phi) is 4.68. The largest absolute Gasteiger partial charge is 0.338 e. The van der Waals surface area contributed by atoms with Gasteiger partial charge in [0.25, 0.3) is 0 Å². The molecule has 0 spiro atoms. The lowest BCUT2D eigenvalue weighted by Gasteiger charge is -2.36. The molecule has 5 nitrogen and oxygen atoms in total. The van der Waals surface area contributed by atoms with Crippen molar-refractivity contribution in [2.45, 2.75) is 26.4 Å². The van der Waals surface area contributed by atoms with Crippen molar-refractivity contribution in [3.05, 3.63) is 47.1 Å². The highest BCUT2D eigenvalue weighted by molar-refractivity contribution is 5.18. The first-order valence-corrected chi connectivity index (χ1v) is 7.74. The summed E-state index contributed by atoms with van der Waals surface area (Å²) < 4.78 is 32.2. The SMILES string of the molecule is Cc1noc([C@H](C)N2CCN(Cc3cccc(F)c3F)CC2)n1. The van der Waals surface area contributed by atoms with Crippen molar-refractivity contribution in [2.75, 3.05) is 26.2 Å². The van der Waals surface area contributed by atoms with Gasteiger partial charge in [0.15, 0.2) is 17.5 Å². The van der Waals surface area contributed by atoms with Gasteiger partial charge in [0.1, 0.15) is 0 Å². The number of hydrogen-bond donors (Lipinski definition) is 0. The predicted octanol–water partition coefficient (Wildman–Crippen LogP) is 2.54. The number of nitrogens with zero attached hydrogens (tertiary/aromatic N) is 4. The highest BCUT2D eigenvalue weighted by atomic mass is 19.2. The van der Waals surface area contributed by atoms with Crippen LogP contribution in [0, 0.1) is 18.6 Å². The van der Waals surface area contributed by atoms with Crippen molar-refractivity contribution >= 4 is 0 Å². The van der Waals surface area contributed by atoms with Crippen LogP contribution in [0.15, 0.2) is 22.7 Å². The zero-order valence-electron chi connectivity index (χ0n) is 13.3. The molecule has 0 saturated carbocycles. The lowest BCUT2D eigenvalue weighted by atomic mass is 10.1. The molecule has 1 aromatic carbocycles. The maximum absolute atomic E-state index is 13.7. The molecule has 2 heterocycles. The number of rotatable bonds is 4. The summed E-state index contributed by atoms with van der Waals surface area (Å²) >= 11 is 0. The van der Waals surface area contributed by atoms with Gasteiger partial charge in [-0.3, -0.25) is 9.80 Å². The Morgan fingerprint density at radius 1 is 1.22 bits per heavy atom. The Hall–Kier alpha value is -1.86. The van der Waals surface area contributed by atoms with Gasteiger partial charge in [-0.05, 0) is 19.9 Å². The van der Waals surface area contributed by atoms with Crippen molar-refractivity contribution in [3.63, 3.8) is 0 Å². The van der Waals surface area contributed by atoms with Gasteiger partial charge >= 0.3 is 0 Å². The number of aryl methyl sites for hydroxylation is 1. The first-order valence-electron chi connectivity index (χ1n) is 7.74. The number of halogens is 2. The molecule has 1 atom stereocenters. The molecule has 3 rings (SSSR count). The molecule has 2 aromatic rings. The van der Waals surface area contributed by atoms with Crippen molar-refractivity contribution in [2.24, 2.45) is 0 Å². The van der Waals surface area contributed by atoms with E-state index in [1.807, 2.05) is 6.92 Å². The van der Waals surface area contributed by atoms with Crippen LogP contribution in [0.2, 0.25) is 0 Å². The molecule has 1 aliphatic heterocycles. The van der Waals surface area contributed by atoms with Crippen molar-refractivity contribution in [1.82, 2.24) is 19.9 Å². The van der Waals surface area contributed by atoms with Crippen LogP contribution in [0.5, 0.6) is 0 Å². The fourth-order valence-corrected chi connectivity index (χ4v) is 2.86. The van der Waals surface area contributed by atoms with Crippen LogP contribution in [0.25, 0.3) is 0 Å². The van der Waals surface area contributed by atoms with Crippen LogP contribution in [0.1, 0.15) is 30.2 Å². The molecule has 124 valence electrons. The molecule has 23 heavy (non-hydrogen) atoms. The second-order valence-corrected chi connectivity index (χ2v) is 5.88. The number of piperazine rings is 1. The van der Waals surface area contributed by atoms with Gasteiger partial charge < -0.3 is 4.52 Å². The van der Waals surface area contributed by atoms with E-state index >= 15 is 0 Å². The summed E-state index contributed by atoms with van der Waals surface area (Å²) in [4.78, 5) is 8.65. The molecule has 1 aromatic heterocycles. The molecule has 7 heteroatoms. The molecule has 0 aliphatic carbocycles. The van der Waals surface area contributed by atoms with Crippen molar-refractivity contribution in [3.8, 4) is 0 Å². The molecule has 1 aliphatic rings. The molecule has 0 N–H and O–H groups in total. The van der Waals surface area contributed by atoms with Crippen LogP contribution in [-0.2, 0) is 6.54 Å². The predicted molar refractivity (Wildman–Crippen MR) is 80.7 cm³/mol. The standard InChI is InChI=1S/C16H20F2N4O/c1-11(16-19-12(2)20-23-16)22-8-6-21(7-9-22)10-13-4-3-5-14(17)15(13)18/h3-5,11H,6-10H2,1-2H3/t11-/m0/s1. The molecule has 0 bridgehead atoms. The smallest absolute Gasteiger partial charge is 0.243 e. The van der Waals surface area contributed by atoms with E-state index in [4.69, 9.17) is 4.52 Å². The Balaban J connectivity index is 1.57. The van der Waals surface area contributed by atoms with E-state index in [2.05, 4.69) is 19.9 Å². The van der Waals surface area contributed by atoms with Gasteiger partial charge in [0.2, 0.25) is 5.89 Å². The van der Waals surface area contributed by atoms with Crippen LogP contribution in [0.4, 0.5) is 8.78 Å². The average molecular weight is 322 g/mol. The minimum Gasteiger partial charge on any atom is -0.338 e. The highest BCUT2D eigenvalue weighted by Gasteiger charge is 2.25. The van der Waals surface area contributed by atoms with E-state index in [0.717, 1.165) is 32.2 Å². The van der Waals surface area contributed by atoms with E-state index in [9.17, 15) is 8.78 Å². The fraction of sp³-hybridized carbons (Fsp3) is 0.500. The van der Waals surface area contributed by atoms with Gasteiger partial charge in [-0.25, -0.2) is 8.78 Å². The van der Waals surface area contributed by atoms with Crippen molar-refractivity contribution in [1.29, 1.82) is 0 Å². The zero-order chi connectivity index (χ0) is 16.4. The average Bonchev–Trinajstić information content (AvgIpc) is 2.98. The molecular weight excluding hydrogens is 302 g/mol. The summed E-state index contributed by atoms with van der Waals surface area (Å²) in [6.07, 6.45) is 0. The summed E-state index contributed by atoms with van der Waals surface area (Å²) in [7, 11) is 0. The minimum atomic E-state index is -0.790. The summed E-state index contributed by atoms with van der Waals surface area (Å²) in [6.45, 7) is 7.46. The Bertz CT molecular complexity index is 668. The second-order valence-electron chi connectivity index (χ2n) is 5.88. The summed E-state index contributed by atoms with van der Waals surface area (Å²) in [5, 5.41) is 3.82. The third-order valence-corrected chi connectivity index (χ3v) is 4.28. The van der Waals surface area contributed by atoms with Crippen LogP contribution >= 0.6 is 0 Å². The van der Waals surface area contributed by atoms with Gasteiger partial charge in [-0.15, -0.1) is 0 Å². The molecule has 0 amide bonds. The second kappa shape index (κ2) is 6.72. The third-order valence-electron chi connectivity index (χ3n) is 4.28. The van der Waals surface area contributed by atoms with E-state index in [1.165, 1.54) is 0 Å². The third kappa shape index (κ3) is 3.56. The lowest BCUT2D eigenvalue weighted by Crippen LogP contribution is -2.46. The number of aromatic nitrogens is 2. The van der Waals surface area contributed by atoms with Crippen LogP contribution in [0.3, 0.4) is 0 Å². The quantitative estimate of drug-likeness (QED) is 0.865. The van der Waals surface area contributed by atoms with E-state index in [1.54, 1.807) is 19.1 Å². The molecule has 0 unspecified atom stereocenters. The Labute approximate surface area is 133 Å². The number of benzene rings is 1. The van der Waals surface area contributed by atoms with Gasteiger partial charge in [0, 0.05) is 38.3 Å².